The molecule has 0 N–H and O–H groups in total. The van der Waals surface area contributed by atoms with Gasteiger partial charge in [-0.3, -0.25) is 0 Å². The van der Waals surface area contributed by atoms with Gasteiger partial charge in [0.15, 0.2) is 0 Å². The molecule has 0 radical (unpaired) electrons. The van der Waals surface area contributed by atoms with Gasteiger partial charge in [0.25, 0.3) is 0 Å². The number of hydrogen-bond donors (Lipinski definition) is 0. The number of hydrogen-bond acceptors (Lipinski definition) is 0. The highest BCUT2D eigenvalue weighted by atomic mass is 14.1. The van der Waals surface area contributed by atoms with E-state index in [0.29, 0.717) is 11.8 Å². The zero-order valence-electron chi connectivity index (χ0n) is 10.6. The van der Waals surface area contributed by atoms with Crippen molar-refractivity contribution in [3.05, 3.63) is 35.5 Å². The number of allylic oxidation sites excluding steroid dienone is 4. The van der Waals surface area contributed by atoms with Crippen LogP contribution in [-0.2, 0) is 0 Å². The second-order valence-electron chi connectivity index (χ2n) is 4.62. The maximum Gasteiger partial charge on any atom is -0.0219 e. The summed E-state index contributed by atoms with van der Waals surface area (Å²) in [6, 6.07) is 0. The van der Waals surface area contributed by atoms with Crippen molar-refractivity contribution in [3.63, 3.8) is 0 Å². The third-order valence-electron chi connectivity index (χ3n) is 2.99. The van der Waals surface area contributed by atoms with Crippen LogP contribution in [0.3, 0.4) is 0 Å². The van der Waals surface area contributed by atoms with Crippen LogP contribution in [0.4, 0.5) is 0 Å². The molecule has 0 nitrogen and oxygen atoms in total. The van der Waals surface area contributed by atoms with Crippen LogP contribution in [0.25, 0.3) is 0 Å². The van der Waals surface area contributed by atoms with Crippen LogP contribution >= 0.6 is 0 Å². The maximum atomic E-state index is 4.12. The van der Waals surface area contributed by atoms with E-state index in [-0.39, 0.29) is 0 Å². The van der Waals surface area contributed by atoms with Crippen LogP contribution in [0.2, 0.25) is 0 Å². The van der Waals surface area contributed by atoms with E-state index < -0.39 is 0 Å². The normalized spacial score (nSPS) is 13.1. The lowest BCUT2D eigenvalue weighted by atomic mass is 9.88. The molecule has 0 unspecified atom stereocenters. The largest absolute Gasteiger partial charge is 0.0950 e. The summed E-state index contributed by atoms with van der Waals surface area (Å²) in [7, 11) is 0. The van der Waals surface area contributed by atoms with Gasteiger partial charge < -0.3 is 0 Å². The van der Waals surface area contributed by atoms with Gasteiger partial charge in [-0.1, -0.05) is 46.4 Å². The molecule has 0 saturated heterocycles. The van der Waals surface area contributed by atoms with E-state index in [1.807, 2.05) is 0 Å². The summed E-state index contributed by atoms with van der Waals surface area (Å²) in [5, 5.41) is 0. The third-order valence-corrected chi connectivity index (χ3v) is 2.99. The van der Waals surface area contributed by atoms with Gasteiger partial charge in [0.05, 0.1) is 0 Å². The fourth-order valence-electron chi connectivity index (χ4n) is 1.26. The lowest BCUT2D eigenvalue weighted by Crippen LogP contribution is -2.01. The molecule has 0 rings (SSSR count). The molecule has 0 saturated carbocycles. The molecule has 0 spiro atoms. The minimum Gasteiger partial charge on any atom is -0.0950 e. The average molecular weight is 192 g/mol. The quantitative estimate of drug-likeness (QED) is 0.564. The Labute approximate surface area is 89.4 Å². The first-order valence-electron chi connectivity index (χ1n) is 5.34. The van der Waals surface area contributed by atoms with Crippen LogP contribution in [0.1, 0.15) is 41.5 Å². The monoisotopic (exact) mass is 192 g/mol. The minimum atomic E-state index is 0.484. The Morgan fingerprint density at radius 2 is 1.29 bits per heavy atom. The lowest BCUT2D eigenvalue weighted by Gasteiger charge is -2.17. The molecule has 0 aromatic rings. The maximum absolute atomic E-state index is 4.12. The minimum absolute atomic E-state index is 0.484. The van der Waals surface area contributed by atoms with E-state index >= 15 is 0 Å². The van der Waals surface area contributed by atoms with E-state index in [4.69, 9.17) is 0 Å². The van der Waals surface area contributed by atoms with Gasteiger partial charge in [0.1, 0.15) is 0 Å². The molecular formula is C14H24. The van der Waals surface area contributed by atoms with Gasteiger partial charge in [-0.15, -0.1) is 0 Å². The SMILES string of the molecule is C=C(C(=C)C(C)C)C(C)=C(C)C(C)C. The summed E-state index contributed by atoms with van der Waals surface area (Å²) in [4.78, 5) is 0. The highest BCUT2D eigenvalue weighted by Gasteiger charge is 2.10. The fraction of sp³-hybridized carbons (Fsp3) is 0.571. The van der Waals surface area contributed by atoms with Crippen molar-refractivity contribution >= 4 is 0 Å². The Hall–Kier alpha value is -0.780. The smallest absolute Gasteiger partial charge is 0.0219 e. The molecule has 0 fully saturated rings. The molecule has 14 heavy (non-hydrogen) atoms. The van der Waals surface area contributed by atoms with E-state index in [2.05, 4.69) is 54.7 Å². The van der Waals surface area contributed by atoms with Crippen LogP contribution < -0.4 is 0 Å². The Balaban J connectivity index is 4.88. The summed E-state index contributed by atoms with van der Waals surface area (Å²) >= 11 is 0. The molecule has 0 aromatic heterocycles. The average Bonchev–Trinajstić information content (AvgIpc) is 2.12. The van der Waals surface area contributed by atoms with Crippen LogP contribution in [0.15, 0.2) is 35.5 Å². The van der Waals surface area contributed by atoms with Crippen LogP contribution in [0, 0.1) is 11.8 Å². The fourth-order valence-corrected chi connectivity index (χ4v) is 1.26. The molecule has 0 bridgehead atoms. The van der Waals surface area contributed by atoms with Gasteiger partial charge in [-0.05, 0) is 42.4 Å². The standard InChI is InChI=1S/C14H24/c1-9(2)11(5)13(7)14(8)12(6)10(3)4/h9-10H,5,7H2,1-4,6,8H3. The highest BCUT2D eigenvalue weighted by molar-refractivity contribution is 5.45. The lowest BCUT2D eigenvalue weighted by molar-refractivity contribution is 0.749. The Morgan fingerprint density at radius 3 is 1.57 bits per heavy atom. The Morgan fingerprint density at radius 1 is 0.857 bits per heavy atom. The predicted molar refractivity (Wildman–Crippen MR) is 66.3 cm³/mol. The first-order valence-corrected chi connectivity index (χ1v) is 5.34. The van der Waals surface area contributed by atoms with Gasteiger partial charge in [-0.25, -0.2) is 0 Å². The second kappa shape index (κ2) is 5.19. The summed E-state index contributed by atoms with van der Waals surface area (Å²) in [6.07, 6.45) is 0. The summed E-state index contributed by atoms with van der Waals surface area (Å²) in [6.45, 7) is 21.3. The molecule has 0 heterocycles. The Bertz CT molecular complexity index is 262. The summed E-state index contributed by atoms with van der Waals surface area (Å²) < 4.78 is 0. The topological polar surface area (TPSA) is 0 Å². The predicted octanol–water partition coefficient (Wildman–Crippen LogP) is 4.75. The highest BCUT2D eigenvalue weighted by Crippen LogP contribution is 2.26. The molecule has 0 amide bonds. The van der Waals surface area contributed by atoms with Crippen molar-refractivity contribution in [3.8, 4) is 0 Å². The Kier molecular flexibility index (Phi) is 4.90. The second-order valence-corrected chi connectivity index (χ2v) is 4.62. The van der Waals surface area contributed by atoms with E-state index in [1.165, 1.54) is 11.1 Å². The van der Waals surface area contributed by atoms with Crippen LogP contribution in [-0.4, -0.2) is 0 Å². The first-order chi connectivity index (χ1) is 6.29. The van der Waals surface area contributed by atoms with Crippen molar-refractivity contribution in [2.45, 2.75) is 41.5 Å². The number of rotatable bonds is 4. The zero-order chi connectivity index (χ0) is 11.5. The zero-order valence-corrected chi connectivity index (χ0v) is 10.6. The molecule has 0 aromatic carbocycles. The van der Waals surface area contributed by atoms with Crippen molar-refractivity contribution < 1.29 is 0 Å². The van der Waals surface area contributed by atoms with Gasteiger partial charge in [0.2, 0.25) is 0 Å². The van der Waals surface area contributed by atoms with Crippen molar-refractivity contribution in [1.82, 2.24) is 0 Å². The molecule has 0 atom stereocenters. The van der Waals surface area contributed by atoms with E-state index in [9.17, 15) is 0 Å². The van der Waals surface area contributed by atoms with Gasteiger partial charge in [-0.2, -0.15) is 0 Å². The molecule has 0 aliphatic rings. The molecular weight excluding hydrogens is 168 g/mol. The molecule has 0 aliphatic heterocycles. The first kappa shape index (κ1) is 13.2. The molecule has 0 aliphatic carbocycles. The summed E-state index contributed by atoms with van der Waals surface area (Å²) in [5.74, 6) is 1.07. The van der Waals surface area contributed by atoms with E-state index in [0.717, 1.165) is 11.1 Å². The van der Waals surface area contributed by atoms with Gasteiger partial charge in [0, 0.05) is 0 Å². The molecule has 80 valence electrons. The van der Waals surface area contributed by atoms with Crippen molar-refractivity contribution in [2.75, 3.05) is 0 Å². The van der Waals surface area contributed by atoms with Crippen LogP contribution in [0.5, 0.6) is 0 Å². The third kappa shape index (κ3) is 3.17. The van der Waals surface area contributed by atoms with Gasteiger partial charge >= 0.3 is 0 Å². The van der Waals surface area contributed by atoms with E-state index in [1.54, 1.807) is 0 Å². The van der Waals surface area contributed by atoms with Crippen molar-refractivity contribution in [1.29, 1.82) is 0 Å². The summed E-state index contributed by atoms with van der Waals surface area (Å²) in [5.41, 5.74) is 4.99. The molecule has 0 heteroatoms. The van der Waals surface area contributed by atoms with Crippen molar-refractivity contribution in [2.24, 2.45) is 11.8 Å².